The first-order valence-corrected chi connectivity index (χ1v) is 8.94. The van der Waals surface area contributed by atoms with Gasteiger partial charge >= 0.3 is 6.03 Å². The SMILES string of the molecule is CC(C)NC(=O)N1CCC(n2cc(C(C)(C)NC(C)C)nn2)CC1. The molecule has 0 unspecified atom stereocenters. The van der Waals surface area contributed by atoms with E-state index in [1.54, 1.807) is 0 Å². The van der Waals surface area contributed by atoms with Gasteiger partial charge in [-0.2, -0.15) is 0 Å². The first-order valence-electron chi connectivity index (χ1n) is 8.94. The molecule has 2 heterocycles. The summed E-state index contributed by atoms with van der Waals surface area (Å²) >= 11 is 0. The topological polar surface area (TPSA) is 75.1 Å². The first-order chi connectivity index (χ1) is 11.2. The van der Waals surface area contributed by atoms with Gasteiger partial charge in [0.2, 0.25) is 0 Å². The third-order valence-corrected chi connectivity index (χ3v) is 4.34. The van der Waals surface area contributed by atoms with Crippen LogP contribution in [0.15, 0.2) is 6.20 Å². The Hall–Kier alpha value is -1.63. The van der Waals surface area contributed by atoms with Crippen LogP contribution in [0, 0.1) is 0 Å². The first kappa shape index (κ1) is 18.7. The number of nitrogens with one attached hydrogen (secondary N) is 2. The van der Waals surface area contributed by atoms with Gasteiger partial charge in [-0.25, -0.2) is 9.48 Å². The molecule has 2 amide bonds. The maximum atomic E-state index is 12.1. The maximum Gasteiger partial charge on any atom is 0.317 e. The molecule has 7 nitrogen and oxygen atoms in total. The van der Waals surface area contributed by atoms with Crippen molar-refractivity contribution in [2.75, 3.05) is 13.1 Å². The van der Waals surface area contributed by atoms with Crippen molar-refractivity contribution in [3.8, 4) is 0 Å². The van der Waals surface area contributed by atoms with Crippen LogP contribution in [0.1, 0.15) is 66.1 Å². The van der Waals surface area contributed by atoms with Crippen LogP contribution in [-0.2, 0) is 5.54 Å². The molecule has 1 aliphatic heterocycles. The summed E-state index contributed by atoms with van der Waals surface area (Å²) in [5.41, 5.74) is 0.751. The Kier molecular flexibility index (Phi) is 5.85. The number of piperidine rings is 1. The Balaban J connectivity index is 1.94. The summed E-state index contributed by atoms with van der Waals surface area (Å²) in [4.78, 5) is 13.9. The summed E-state index contributed by atoms with van der Waals surface area (Å²) < 4.78 is 1.97. The highest BCUT2D eigenvalue weighted by Crippen LogP contribution is 2.24. The number of carbonyl (C=O) groups is 1. The van der Waals surface area contributed by atoms with Crippen LogP contribution in [0.5, 0.6) is 0 Å². The van der Waals surface area contributed by atoms with E-state index in [9.17, 15) is 4.79 Å². The van der Waals surface area contributed by atoms with Gasteiger partial charge in [-0.1, -0.05) is 19.1 Å². The standard InChI is InChI=1S/C17H32N6O/c1-12(2)18-16(24)22-9-7-14(8-10-22)23-11-15(20-21-23)17(5,6)19-13(3)4/h11-14,19H,7-10H2,1-6H3,(H,18,24). The summed E-state index contributed by atoms with van der Waals surface area (Å²) in [5.74, 6) is 0. The lowest BCUT2D eigenvalue weighted by Crippen LogP contribution is -2.46. The molecule has 0 saturated carbocycles. The molecule has 0 aliphatic carbocycles. The molecular formula is C17H32N6O. The molecule has 7 heteroatoms. The zero-order valence-corrected chi connectivity index (χ0v) is 15.8. The summed E-state index contributed by atoms with van der Waals surface area (Å²) in [6.45, 7) is 14.0. The third kappa shape index (κ3) is 4.69. The van der Waals surface area contributed by atoms with Crippen molar-refractivity contribution in [1.82, 2.24) is 30.5 Å². The highest BCUT2D eigenvalue weighted by Gasteiger charge is 2.28. The molecule has 136 valence electrons. The fourth-order valence-electron chi connectivity index (χ4n) is 3.21. The number of likely N-dealkylation sites (tertiary alicyclic amines) is 1. The Bertz CT molecular complexity index is 543. The fraction of sp³-hybridized carbons (Fsp3) is 0.824. The number of nitrogens with zero attached hydrogens (tertiary/aromatic N) is 4. The van der Waals surface area contributed by atoms with E-state index in [0.717, 1.165) is 31.6 Å². The molecule has 0 bridgehead atoms. The quantitative estimate of drug-likeness (QED) is 0.865. The van der Waals surface area contributed by atoms with Crippen molar-refractivity contribution >= 4 is 6.03 Å². The van der Waals surface area contributed by atoms with Gasteiger partial charge in [0.1, 0.15) is 5.69 Å². The molecule has 1 aromatic rings. The van der Waals surface area contributed by atoms with Crippen molar-refractivity contribution in [3.05, 3.63) is 11.9 Å². The minimum absolute atomic E-state index is 0.0324. The zero-order valence-electron chi connectivity index (χ0n) is 15.8. The number of carbonyl (C=O) groups excluding carboxylic acids is 1. The highest BCUT2D eigenvalue weighted by molar-refractivity contribution is 5.74. The summed E-state index contributed by atoms with van der Waals surface area (Å²) in [7, 11) is 0. The van der Waals surface area contributed by atoms with Crippen molar-refractivity contribution in [1.29, 1.82) is 0 Å². The molecule has 1 aromatic heterocycles. The lowest BCUT2D eigenvalue weighted by molar-refractivity contribution is 0.166. The van der Waals surface area contributed by atoms with E-state index >= 15 is 0 Å². The van der Waals surface area contributed by atoms with Crippen LogP contribution >= 0.6 is 0 Å². The molecule has 1 fully saturated rings. The van der Waals surface area contributed by atoms with Crippen molar-refractivity contribution in [3.63, 3.8) is 0 Å². The average molecular weight is 336 g/mol. The highest BCUT2D eigenvalue weighted by atomic mass is 16.2. The molecule has 2 rings (SSSR count). The average Bonchev–Trinajstić information content (AvgIpc) is 2.96. The number of urea groups is 1. The van der Waals surface area contributed by atoms with Crippen molar-refractivity contribution < 1.29 is 4.79 Å². The number of aromatic nitrogens is 3. The zero-order chi connectivity index (χ0) is 17.9. The van der Waals surface area contributed by atoms with Crippen LogP contribution in [0.25, 0.3) is 0 Å². The van der Waals surface area contributed by atoms with E-state index < -0.39 is 0 Å². The van der Waals surface area contributed by atoms with Crippen LogP contribution in [-0.4, -0.2) is 51.1 Å². The molecule has 1 aliphatic rings. The van der Waals surface area contributed by atoms with Crippen LogP contribution < -0.4 is 10.6 Å². The van der Waals surface area contributed by atoms with Gasteiger partial charge in [0.05, 0.1) is 17.8 Å². The minimum atomic E-state index is -0.204. The predicted octanol–water partition coefficient (Wildman–Crippen LogP) is 2.27. The normalized spacial score (nSPS) is 16.9. The summed E-state index contributed by atoms with van der Waals surface area (Å²) in [6, 6.07) is 0.894. The second kappa shape index (κ2) is 7.51. The van der Waals surface area contributed by atoms with Crippen LogP contribution in [0.3, 0.4) is 0 Å². The van der Waals surface area contributed by atoms with Gasteiger partial charge in [0.15, 0.2) is 0 Å². The fourth-order valence-corrected chi connectivity index (χ4v) is 3.21. The number of hydrogen-bond acceptors (Lipinski definition) is 4. The summed E-state index contributed by atoms with van der Waals surface area (Å²) in [5, 5.41) is 15.2. The number of rotatable bonds is 5. The summed E-state index contributed by atoms with van der Waals surface area (Å²) in [6.07, 6.45) is 3.86. The van der Waals surface area contributed by atoms with E-state index in [-0.39, 0.29) is 17.6 Å². The largest absolute Gasteiger partial charge is 0.336 e. The van der Waals surface area contributed by atoms with Gasteiger partial charge in [0, 0.05) is 25.2 Å². The molecule has 0 spiro atoms. The Morgan fingerprint density at radius 1 is 1.21 bits per heavy atom. The smallest absolute Gasteiger partial charge is 0.317 e. The Morgan fingerprint density at radius 2 is 1.83 bits per heavy atom. The minimum Gasteiger partial charge on any atom is -0.336 e. The van der Waals surface area contributed by atoms with Crippen molar-refractivity contribution in [2.45, 2.75) is 78.0 Å². The van der Waals surface area contributed by atoms with E-state index in [0.29, 0.717) is 12.1 Å². The van der Waals surface area contributed by atoms with E-state index in [1.807, 2.05) is 29.6 Å². The number of hydrogen-bond donors (Lipinski definition) is 2. The third-order valence-electron chi connectivity index (χ3n) is 4.34. The monoisotopic (exact) mass is 336 g/mol. The molecule has 0 atom stereocenters. The lowest BCUT2D eigenvalue weighted by Gasteiger charge is -2.32. The van der Waals surface area contributed by atoms with E-state index in [4.69, 9.17) is 0 Å². The second-order valence-electron chi connectivity index (χ2n) is 7.83. The van der Waals surface area contributed by atoms with Gasteiger partial charge in [0.25, 0.3) is 0 Å². The lowest BCUT2D eigenvalue weighted by atomic mass is 10.00. The van der Waals surface area contributed by atoms with Gasteiger partial charge in [-0.15, -0.1) is 5.10 Å². The molecule has 0 aromatic carbocycles. The molecular weight excluding hydrogens is 304 g/mol. The Labute approximate surface area is 145 Å². The molecule has 2 N–H and O–H groups in total. The molecule has 0 radical (unpaired) electrons. The predicted molar refractivity (Wildman–Crippen MR) is 94.8 cm³/mol. The van der Waals surface area contributed by atoms with E-state index in [2.05, 4.69) is 48.6 Å². The van der Waals surface area contributed by atoms with Crippen LogP contribution in [0.2, 0.25) is 0 Å². The Morgan fingerprint density at radius 3 is 2.38 bits per heavy atom. The number of amides is 2. The van der Waals surface area contributed by atoms with Gasteiger partial charge in [-0.3, -0.25) is 0 Å². The molecule has 1 saturated heterocycles. The van der Waals surface area contributed by atoms with Crippen molar-refractivity contribution in [2.24, 2.45) is 0 Å². The van der Waals surface area contributed by atoms with Gasteiger partial charge in [-0.05, 0) is 40.5 Å². The van der Waals surface area contributed by atoms with Crippen LogP contribution in [0.4, 0.5) is 4.79 Å². The van der Waals surface area contributed by atoms with Gasteiger partial charge < -0.3 is 15.5 Å². The second-order valence-corrected chi connectivity index (χ2v) is 7.83. The van der Waals surface area contributed by atoms with E-state index in [1.165, 1.54) is 0 Å². The maximum absolute atomic E-state index is 12.1. The molecule has 24 heavy (non-hydrogen) atoms.